The maximum Gasteiger partial charge on any atom is 0.270 e. The number of anilines is 1. The fraction of sp³-hybridized carbons (Fsp3) is 0. The molecule has 1 N–H and O–H groups in total. The van der Waals surface area contributed by atoms with E-state index in [9.17, 15) is 4.79 Å². The first-order valence-corrected chi connectivity index (χ1v) is 5.99. The van der Waals surface area contributed by atoms with Crippen LogP contribution in [0.4, 0.5) is 5.95 Å². The molecule has 20 heavy (non-hydrogen) atoms. The number of tetrazole rings is 1. The van der Waals surface area contributed by atoms with E-state index >= 15 is 0 Å². The van der Waals surface area contributed by atoms with E-state index in [2.05, 4.69) is 27.3 Å². The Hall–Kier alpha value is -3.02. The van der Waals surface area contributed by atoms with Crippen LogP contribution in [0.2, 0.25) is 0 Å². The zero-order valence-electron chi connectivity index (χ0n) is 10.5. The molecule has 1 amide bonds. The van der Waals surface area contributed by atoms with Crippen molar-refractivity contribution in [3.63, 3.8) is 0 Å². The van der Waals surface area contributed by atoms with Gasteiger partial charge in [0, 0.05) is 11.8 Å². The van der Waals surface area contributed by atoms with Crippen molar-refractivity contribution in [1.82, 2.24) is 20.2 Å². The van der Waals surface area contributed by atoms with Crippen LogP contribution in [-0.2, 0) is 0 Å². The van der Waals surface area contributed by atoms with Crippen LogP contribution in [0.3, 0.4) is 0 Å². The molecular weight excluding hydrogens is 254 g/mol. The minimum absolute atomic E-state index is 0.142. The number of nitrogens with zero attached hydrogens (tertiary/aromatic N) is 4. The zero-order chi connectivity index (χ0) is 13.9. The third-order valence-corrected chi connectivity index (χ3v) is 2.85. The third-order valence-electron chi connectivity index (χ3n) is 2.85. The minimum Gasteiger partial charge on any atom is -0.288 e. The molecule has 0 saturated carbocycles. The molecule has 0 fully saturated rings. The number of benzene rings is 2. The van der Waals surface area contributed by atoms with Gasteiger partial charge in [0.15, 0.2) is 0 Å². The molecule has 0 unspecified atom stereocenters. The SMILES string of the molecule is C=Cn1nnc(NC(=O)c2cccc3ccccc23)n1. The molecule has 3 aromatic rings. The van der Waals surface area contributed by atoms with Gasteiger partial charge < -0.3 is 0 Å². The fourth-order valence-electron chi connectivity index (χ4n) is 1.94. The Labute approximate surface area is 114 Å². The molecule has 2 aromatic carbocycles. The minimum atomic E-state index is -0.273. The Morgan fingerprint density at radius 3 is 2.80 bits per heavy atom. The van der Waals surface area contributed by atoms with Gasteiger partial charge in [0.25, 0.3) is 11.9 Å². The van der Waals surface area contributed by atoms with E-state index in [4.69, 9.17) is 0 Å². The molecule has 6 heteroatoms. The van der Waals surface area contributed by atoms with Gasteiger partial charge >= 0.3 is 0 Å². The number of carbonyl (C=O) groups is 1. The second-order valence-corrected chi connectivity index (χ2v) is 4.10. The average molecular weight is 265 g/mol. The molecule has 0 saturated heterocycles. The second kappa shape index (κ2) is 4.93. The van der Waals surface area contributed by atoms with Gasteiger partial charge in [-0.3, -0.25) is 10.1 Å². The van der Waals surface area contributed by atoms with E-state index in [0.29, 0.717) is 5.56 Å². The number of hydrogen-bond donors (Lipinski definition) is 1. The highest BCUT2D eigenvalue weighted by molar-refractivity contribution is 6.12. The van der Waals surface area contributed by atoms with Crippen molar-refractivity contribution >= 4 is 28.8 Å². The highest BCUT2D eigenvalue weighted by Crippen LogP contribution is 2.19. The Kier molecular flexibility index (Phi) is 2.96. The Morgan fingerprint density at radius 2 is 2.00 bits per heavy atom. The summed E-state index contributed by atoms with van der Waals surface area (Å²) in [6, 6.07) is 13.2. The molecule has 6 nitrogen and oxygen atoms in total. The largest absolute Gasteiger partial charge is 0.288 e. The molecule has 1 aromatic heterocycles. The number of nitrogens with one attached hydrogen (secondary N) is 1. The number of fused-ring (bicyclic) bond motifs is 1. The molecule has 0 atom stereocenters. The molecule has 0 radical (unpaired) electrons. The first-order valence-electron chi connectivity index (χ1n) is 5.99. The van der Waals surface area contributed by atoms with Gasteiger partial charge in [0.05, 0.1) is 0 Å². The Bertz CT molecular complexity index is 788. The van der Waals surface area contributed by atoms with E-state index < -0.39 is 0 Å². The van der Waals surface area contributed by atoms with Crippen LogP contribution in [0.25, 0.3) is 17.0 Å². The molecule has 0 spiro atoms. The highest BCUT2D eigenvalue weighted by atomic mass is 16.1. The normalized spacial score (nSPS) is 10.4. The summed E-state index contributed by atoms with van der Waals surface area (Å²) < 4.78 is 0. The second-order valence-electron chi connectivity index (χ2n) is 4.10. The lowest BCUT2D eigenvalue weighted by molar-refractivity contribution is 0.102. The summed E-state index contributed by atoms with van der Waals surface area (Å²) in [5.41, 5.74) is 0.568. The van der Waals surface area contributed by atoms with Crippen molar-refractivity contribution in [1.29, 1.82) is 0 Å². The molecule has 1 heterocycles. The van der Waals surface area contributed by atoms with Crippen LogP contribution in [0.1, 0.15) is 10.4 Å². The zero-order valence-corrected chi connectivity index (χ0v) is 10.5. The quantitative estimate of drug-likeness (QED) is 0.787. The van der Waals surface area contributed by atoms with Crippen molar-refractivity contribution < 1.29 is 4.79 Å². The predicted octanol–water partition coefficient (Wildman–Crippen LogP) is 2.18. The number of carbonyl (C=O) groups excluding carboxylic acids is 1. The van der Waals surface area contributed by atoms with E-state index in [1.54, 1.807) is 6.07 Å². The first kappa shape index (κ1) is 12.0. The van der Waals surface area contributed by atoms with Gasteiger partial charge in [-0.25, -0.2) is 0 Å². The molecule has 0 aliphatic carbocycles. The summed E-state index contributed by atoms with van der Waals surface area (Å²) >= 11 is 0. The van der Waals surface area contributed by atoms with Gasteiger partial charge in [-0.05, 0) is 22.1 Å². The van der Waals surface area contributed by atoms with Crippen LogP contribution in [0.5, 0.6) is 0 Å². The topological polar surface area (TPSA) is 72.7 Å². The van der Waals surface area contributed by atoms with Gasteiger partial charge in [0.1, 0.15) is 0 Å². The molecule has 98 valence electrons. The van der Waals surface area contributed by atoms with Gasteiger partial charge in [0.2, 0.25) is 0 Å². The summed E-state index contributed by atoms with van der Waals surface area (Å²) in [7, 11) is 0. The van der Waals surface area contributed by atoms with Crippen LogP contribution in [0.15, 0.2) is 49.0 Å². The molecule has 0 aliphatic rings. The summed E-state index contributed by atoms with van der Waals surface area (Å²) in [6.45, 7) is 3.51. The maximum atomic E-state index is 12.3. The van der Waals surface area contributed by atoms with Gasteiger partial charge in [-0.2, -0.15) is 0 Å². The summed E-state index contributed by atoms with van der Waals surface area (Å²) in [4.78, 5) is 13.5. The van der Waals surface area contributed by atoms with Crippen molar-refractivity contribution in [3.8, 4) is 0 Å². The molecule has 0 aliphatic heterocycles. The summed E-state index contributed by atoms with van der Waals surface area (Å²) in [5, 5.41) is 15.8. The monoisotopic (exact) mass is 265 g/mol. The summed E-state index contributed by atoms with van der Waals surface area (Å²) in [6.07, 6.45) is 1.39. The maximum absolute atomic E-state index is 12.3. The van der Waals surface area contributed by atoms with Crippen LogP contribution in [-0.4, -0.2) is 26.1 Å². The molecular formula is C14H11N5O. The van der Waals surface area contributed by atoms with Crippen molar-refractivity contribution in [3.05, 3.63) is 54.6 Å². The van der Waals surface area contributed by atoms with Crippen LogP contribution >= 0.6 is 0 Å². The molecule has 3 rings (SSSR count). The van der Waals surface area contributed by atoms with Gasteiger partial charge in [-0.15, -0.1) is 9.90 Å². The number of amides is 1. The van der Waals surface area contributed by atoms with Crippen LogP contribution < -0.4 is 5.32 Å². The highest BCUT2D eigenvalue weighted by Gasteiger charge is 2.12. The van der Waals surface area contributed by atoms with E-state index in [0.717, 1.165) is 10.8 Å². The number of rotatable bonds is 3. The standard InChI is InChI=1S/C14H11N5O/c1-2-19-17-14(16-18-19)15-13(20)12-9-5-7-10-6-3-4-8-11(10)12/h2-9H,1H2,(H,15,17,20). The first-order chi connectivity index (χ1) is 9.78. The van der Waals surface area contributed by atoms with Crippen molar-refractivity contribution in [2.24, 2.45) is 0 Å². The van der Waals surface area contributed by atoms with Crippen molar-refractivity contribution in [2.75, 3.05) is 5.32 Å². The van der Waals surface area contributed by atoms with E-state index in [1.807, 2.05) is 36.4 Å². The van der Waals surface area contributed by atoms with Crippen LogP contribution in [0, 0.1) is 0 Å². The lowest BCUT2D eigenvalue weighted by Gasteiger charge is -2.05. The third kappa shape index (κ3) is 2.14. The Morgan fingerprint density at radius 1 is 1.20 bits per heavy atom. The molecule has 0 bridgehead atoms. The van der Waals surface area contributed by atoms with Gasteiger partial charge in [-0.1, -0.05) is 48.1 Å². The average Bonchev–Trinajstić information content (AvgIpc) is 2.94. The lowest BCUT2D eigenvalue weighted by Crippen LogP contribution is -2.13. The Balaban J connectivity index is 1.94. The van der Waals surface area contributed by atoms with E-state index in [1.165, 1.54) is 11.0 Å². The lowest BCUT2D eigenvalue weighted by atomic mass is 10.0. The fourth-order valence-corrected chi connectivity index (χ4v) is 1.94. The van der Waals surface area contributed by atoms with E-state index in [-0.39, 0.29) is 11.9 Å². The smallest absolute Gasteiger partial charge is 0.270 e. The number of aromatic nitrogens is 4. The predicted molar refractivity (Wildman–Crippen MR) is 76.1 cm³/mol. The van der Waals surface area contributed by atoms with Crippen molar-refractivity contribution in [2.45, 2.75) is 0 Å². The summed E-state index contributed by atoms with van der Waals surface area (Å²) in [5.74, 6) is -0.131. The number of hydrogen-bond acceptors (Lipinski definition) is 4.